The van der Waals surface area contributed by atoms with Gasteiger partial charge in [-0.05, 0) is 29.8 Å². The van der Waals surface area contributed by atoms with Crippen LogP contribution in [-0.4, -0.2) is 28.0 Å². The highest BCUT2D eigenvalue weighted by Gasteiger charge is 2.07. The van der Waals surface area contributed by atoms with E-state index in [0.29, 0.717) is 23.6 Å². The predicted molar refractivity (Wildman–Crippen MR) is 74.2 cm³/mol. The fourth-order valence-corrected chi connectivity index (χ4v) is 2.10. The number of nitrogens with zero attached hydrogens (tertiary/aromatic N) is 3. The Labute approximate surface area is 115 Å². The van der Waals surface area contributed by atoms with Crippen molar-refractivity contribution >= 4 is 11.9 Å². The van der Waals surface area contributed by atoms with E-state index in [1.807, 2.05) is 30.3 Å². The third-order valence-corrected chi connectivity index (χ3v) is 3.05. The maximum absolute atomic E-state index is 11.0. The molecule has 100 valence electrons. The van der Waals surface area contributed by atoms with Gasteiger partial charge < -0.3 is 4.74 Å². The minimum atomic E-state index is 0.492. The van der Waals surface area contributed by atoms with Gasteiger partial charge in [0.1, 0.15) is 11.4 Å². The van der Waals surface area contributed by atoms with Crippen molar-refractivity contribution in [3.63, 3.8) is 0 Å². The zero-order valence-electron chi connectivity index (χ0n) is 11.0. The fourth-order valence-electron chi connectivity index (χ4n) is 2.10. The Kier molecular flexibility index (Phi) is 3.16. The predicted octanol–water partition coefficient (Wildman–Crippen LogP) is 2.14. The lowest BCUT2D eigenvalue weighted by Gasteiger charge is -2.01. The van der Waals surface area contributed by atoms with Gasteiger partial charge in [-0.1, -0.05) is 18.2 Å². The Balaban J connectivity index is 1.96. The molecule has 0 fully saturated rings. The van der Waals surface area contributed by atoms with Crippen molar-refractivity contribution in [2.24, 2.45) is 0 Å². The molecule has 0 N–H and O–H groups in total. The summed E-state index contributed by atoms with van der Waals surface area (Å²) < 4.78 is 6.75. The van der Waals surface area contributed by atoms with Crippen LogP contribution < -0.4 is 4.74 Å². The number of hydrogen-bond donors (Lipinski definition) is 0. The summed E-state index contributed by atoms with van der Waals surface area (Å²) in [5.41, 5.74) is 2.23. The van der Waals surface area contributed by atoms with Crippen molar-refractivity contribution in [2.45, 2.75) is 6.42 Å². The van der Waals surface area contributed by atoms with Gasteiger partial charge in [0.25, 0.3) is 0 Å². The molecule has 0 aliphatic heterocycles. The molecule has 0 atom stereocenters. The largest absolute Gasteiger partial charge is 0.497 e. The Bertz CT molecular complexity index is 765. The number of hydrogen-bond acceptors (Lipinski definition) is 4. The van der Waals surface area contributed by atoms with E-state index in [9.17, 15) is 4.79 Å². The normalized spacial score (nSPS) is 10.7. The van der Waals surface area contributed by atoms with Crippen molar-refractivity contribution in [3.05, 3.63) is 59.5 Å². The van der Waals surface area contributed by atoms with E-state index in [0.717, 1.165) is 17.6 Å². The van der Waals surface area contributed by atoms with Crippen LogP contribution in [0, 0.1) is 0 Å². The van der Waals surface area contributed by atoms with Gasteiger partial charge in [-0.3, -0.25) is 4.79 Å². The highest BCUT2D eigenvalue weighted by molar-refractivity contribution is 5.73. The second-order valence-electron chi connectivity index (χ2n) is 4.39. The summed E-state index contributed by atoms with van der Waals surface area (Å²) in [6.45, 7) is 0. The first kappa shape index (κ1) is 12.3. The summed E-state index contributed by atoms with van der Waals surface area (Å²) in [6, 6.07) is 13.1. The van der Waals surface area contributed by atoms with Crippen LogP contribution in [0.1, 0.15) is 21.9 Å². The van der Waals surface area contributed by atoms with Crippen molar-refractivity contribution in [1.82, 2.24) is 14.6 Å². The van der Waals surface area contributed by atoms with Crippen LogP contribution in [0.25, 0.3) is 5.65 Å². The number of fused-ring (bicyclic) bond motifs is 1. The molecule has 3 aromatic rings. The lowest BCUT2D eigenvalue weighted by molar-refractivity contribution is 0.111. The molecule has 2 heterocycles. The van der Waals surface area contributed by atoms with Crippen molar-refractivity contribution in [2.75, 3.05) is 7.11 Å². The molecule has 0 aliphatic carbocycles. The summed E-state index contributed by atoms with van der Waals surface area (Å²) in [7, 11) is 1.64. The van der Waals surface area contributed by atoms with E-state index in [-0.39, 0.29) is 0 Å². The molecule has 0 unspecified atom stereocenters. The van der Waals surface area contributed by atoms with E-state index in [1.54, 1.807) is 23.8 Å². The first-order valence-electron chi connectivity index (χ1n) is 6.23. The molecule has 0 spiro atoms. The molecule has 5 heteroatoms. The van der Waals surface area contributed by atoms with Crippen LogP contribution in [0.2, 0.25) is 0 Å². The van der Waals surface area contributed by atoms with Crippen molar-refractivity contribution in [3.8, 4) is 5.75 Å². The molecule has 0 saturated carbocycles. The number of ether oxygens (including phenoxy) is 1. The van der Waals surface area contributed by atoms with Gasteiger partial charge in [0.05, 0.1) is 7.11 Å². The Morgan fingerprint density at radius 3 is 2.90 bits per heavy atom. The van der Waals surface area contributed by atoms with E-state index in [1.165, 1.54) is 0 Å². The van der Waals surface area contributed by atoms with E-state index in [2.05, 4.69) is 10.1 Å². The molecule has 0 saturated heterocycles. The molecule has 5 nitrogen and oxygen atoms in total. The molecule has 1 aromatic carbocycles. The molecule has 0 amide bonds. The molecule has 0 aliphatic rings. The maximum Gasteiger partial charge on any atom is 0.168 e. The van der Waals surface area contributed by atoms with Crippen LogP contribution in [0.3, 0.4) is 0 Å². The first-order chi connectivity index (χ1) is 9.80. The van der Waals surface area contributed by atoms with Crippen LogP contribution >= 0.6 is 0 Å². The topological polar surface area (TPSA) is 56.5 Å². The average Bonchev–Trinajstić information content (AvgIpc) is 2.89. The lowest BCUT2D eigenvalue weighted by atomic mass is 10.1. The SMILES string of the molecule is COc1cccc(Cc2nc3cccc(C=O)n3n2)c1. The molecule has 0 radical (unpaired) electrons. The fraction of sp³-hybridized carbons (Fsp3) is 0.133. The van der Waals surface area contributed by atoms with Gasteiger partial charge >= 0.3 is 0 Å². The van der Waals surface area contributed by atoms with Crippen molar-refractivity contribution in [1.29, 1.82) is 0 Å². The van der Waals surface area contributed by atoms with Crippen molar-refractivity contribution < 1.29 is 9.53 Å². The molecule has 3 rings (SSSR count). The maximum atomic E-state index is 11.0. The number of aromatic nitrogens is 3. The number of aldehydes is 1. The quantitative estimate of drug-likeness (QED) is 0.680. The minimum Gasteiger partial charge on any atom is -0.497 e. The number of carbonyl (C=O) groups excluding carboxylic acids is 1. The molecular formula is C15H13N3O2. The van der Waals surface area contributed by atoms with Crippen LogP contribution in [0.5, 0.6) is 5.75 Å². The number of carbonyl (C=O) groups is 1. The third kappa shape index (κ3) is 2.25. The average molecular weight is 267 g/mol. The molecule has 2 aromatic heterocycles. The Hall–Kier alpha value is -2.69. The van der Waals surface area contributed by atoms with Gasteiger partial charge in [-0.25, -0.2) is 9.50 Å². The van der Waals surface area contributed by atoms with Gasteiger partial charge in [-0.2, -0.15) is 5.10 Å². The third-order valence-electron chi connectivity index (χ3n) is 3.05. The second-order valence-corrected chi connectivity index (χ2v) is 4.39. The zero-order chi connectivity index (χ0) is 13.9. The monoisotopic (exact) mass is 267 g/mol. The molecular weight excluding hydrogens is 254 g/mol. The minimum absolute atomic E-state index is 0.492. The summed E-state index contributed by atoms with van der Waals surface area (Å²) >= 11 is 0. The zero-order valence-corrected chi connectivity index (χ0v) is 11.0. The molecule has 0 bridgehead atoms. The van der Waals surface area contributed by atoms with Gasteiger partial charge in [0, 0.05) is 6.42 Å². The summed E-state index contributed by atoms with van der Waals surface area (Å²) in [6.07, 6.45) is 1.37. The smallest absolute Gasteiger partial charge is 0.168 e. The number of benzene rings is 1. The van der Waals surface area contributed by atoms with Gasteiger partial charge in [-0.15, -0.1) is 0 Å². The number of pyridine rings is 1. The van der Waals surface area contributed by atoms with Gasteiger partial charge in [0.15, 0.2) is 17.8 Å². The Morgan fingerprint density at radius 1 is 1.25 bits per heavy atom. The highest BCUT2D eigenvalue weighted by atomic mass is 16.5. The standard InChI is InChI=1S/C15H13N3O2/c1-20-13-6-2-4-11(8-13)9-14-16-15-7-3-5-12(10-19)18(15)17-14/h2-8,10H,9H2,1H3. The first-order valence-corrected chi connectivity index (χ1v) is 6.23. The summed E-state index contributed by atoms with van der Waals surface area (Å²) in [5.74, 6) is 1.48. The number of methoxy groups -OCH3 is 1. The van der Waals surface area contributed by atoms with Crippen LogP contribution in [0.4, 0.5) is 0 Å². The van der Waals surface area contributed by atoms with E-state index < -0.39 is 0 Å². The van der Waals surface area contributed by atoms with E-state index >= 15 is 0 Å². The summed E-state index contributed by atoms with van der Waals surface area (Å²) in [5, 5.41) is 4.37. The summed E-state index contributed by atoms with van der Waals surface area (Å²) in [4.78, 5) is 15.4. The van der Waals surface area contributed by atoms with Crippen LogP contribution in [0.15, 0.2) is 42.5 Å². The van der Waals surface area contributed by atoms with E-state index in [4.69, 9.17) is 4.74 Å². The van der Waals surface area contributed by atoms with Gasteiger partial charge in [0.2, 0.25) is 0 Å². The number of rotatable bonds is 4. The lowest BCUT2D eigenvalue weighted by Crippen LogP contribution is -1.97. The highest BCUT2D eigenvalue weighted by Crippen LogP contribution is 2.15. The Morgan fingerprint density at radius 2 is 2.10 bits per heavy atom. The second kappa shape index (κ2) is 5.13. The van der Waals surface area contributed by atoms with Crippen LogP contribution in [-0.2, 0) is 6.42 Å². The molecule has 20 heavy (non-hydrogen) atoms.